The van der Waals surface area contributed by atoms with Gasteiger partial charge in [-0.1, -0.05) is 0 Å². The van der Waals surface area contributed by atoms with Crippen LogP contribution in [-0.2, 0) is 9.53 Å². The van der Waals surface area contributed by atoms with Crippen LogP contribution >= 0.6 is 0 Å². The molecule has 2 aliphatic rings. The Morgan fingerprint density at radius 1 is 1.29 bits per heavy atom. The largest absolute Gasteiger partial charge is 0.494 e. The van der Waals surface area contributed by atoms with Gasteiger partial charge in [-0.25, -0.2) is 0 Å². The van der Waals surface area contributed by atoms with E-state index < -0.39 is 6.10 Å². The lowest BCUT2D eigenvalue weighted by Gasteiger charge is -2.27. The normalized spacial score (nSPS) is 25.6. The molecule has 28 heavy (non-hydrogen) atoms. The first-order valence-corrected chi connectivity index (χ1v) is 10.3. The SMILES string of the molecule is COc1cc2nn([C@H]3CC[C@H](CO)CC3)cc2cc1NC(=O)[C@H]1CCCCO1. The molecule has 0 unspecified atom stereocenters. The molecule has 1 aromatic carbocycles. The average molecular weight is 387 g/mol. The van der Waals surface area contributed by atoms with Crippen LogP contribution in [-0.4, -0.2) is 47.2 Å². The minimum atomic E-state index is -0.390. The predicted octanol–water partition coefficient (Wildman–Crippen LogP) is 3.28. The summed E-state index contributed by atoms with van der Waals surface area (Å²) in [4.78, 5) is 12.6. The maximum atomic E-state index is 12.6. The molecule has 1 saturated heterocycles. The van der Waals surface area contributed by atoms with Crippen molar-refractivity contribution in [1.29, 1.82) is 0 Å². The molecule has 7 heteroatoms. The third kappa shape index (κ3) is 4.00. The van der Waals surface area contributed by atoms with E-state index in [1.54, 1.807) is 7.11 Å². The second-order valence-electron chi connectivity index (χ2n) is 7.92. The molecule has 1 saturated carbocycles. The van der Waals surface area contributed by atoms with Gasteiger partial charge in [0.15, 0.2) is 0 Å². The van der Waals surface area contributed by atoms with Crippen LogP contribution < -0.4 is 10.1 Å². The van der Waals surface area contributed by atoms with Gasteiger partial charge in [0.1, 0.15) is 11.9 Å². The summed E-state index contributed by atoms with van der Waals surface area (Å²) < 4.78 is 13.1. The molecule has 2 aromatic rings. The Kier molecular flexibility index (Phi) is 5.82. The number of aromatic nitrogens is 2. The highest BCUT2D eigenvalue weighted by atomic mass is 16.5. The highest BCUT2D eigenvalue weighted by molar-refractivity contribution is 5.98. The summed E-state index contributed by atoms with van der Waals surface area (Å²) in [6, 6.07) is 4.16. The molecule has 2 fully saturated rings. The number of carbonyl (C=O) groups excluding carboxylic acids is 1. The fourth-order valence-corrected chi connectivity index (χ4v) is 4.28. The van der Waals surface area contributed by atoms with E-state index in [1.807, 2.05) is 23.0 Å². The van der Waals surface area contributed by atoms with Gasteiger partial charge < -0.3 is 19.9 Å². The molecule has 1 aliphatic heterocycles. The molecule has 152 valence electrons. The van der Waals surface area contributed by atoms with Crippen molar-refractivity contribution >= 4 is 22.5 Å². The first-order chi connectivity index (χ1) is 13.7. The Labute approximate surface area is 165 Å². The Bertz CT molecular complexity index is 820. The van der Waals surface area contributed by atoms with Crippen LogP contribution in [0, 0.1) is 5.92 Å². The number of aliphatic hydroxyl groups excluding tert-OH is 1. The van der Waals surface area contributed by atoms with Gasteiger partial charge in [0, 0.05) is 30.9 Å². The summed E-state index contributed by atoms with van der Waals surface area (Å²) in [7, 11) is 1.60. The third-order valence-corrected chi connectivity index (χ3v) is 6.02. The minimum Gasteiger partial charge on any atom is -0.494 e. The van der Waals surface area contributed by atoms with Crippen molar-refractivity contribution in [3.63, 3.8) is 0 Å². The molecule has 0 radical (unpaired) electrons. The Morgan fingerprint density at radius 2 is 2.11 bits per heavy atom. The lowest BCUT2D eigenvalue weighted by atomic mass is 9.87. The fourth-order valence-electron chi connectivity index (χ4n) is 4.28. The number of nitrogens with one attached hydrogen (secondary N) is 1. The molecule has 1 amide bonds. The summed E-state index contributed by atoms with van der Waals surface area (Å²) in [5.41, 5.74) is 1.51. The van der Waals surface area contributed by atoms with Crippen LogP contribution in [0.25, 0.3) is 10.9 Å². The van der Waals surface area contributed by atoms with Gasteiger partial charge in [0.25, 0.3) is 5.91 Å². The number of fused-ring (bicyclic) bond motifs is 1. The van der Waals surface area contributed by atoms with Gasteiger partial charge in [-0.05, 0) is 56.9 Å². The standard InChI is InChI=1S/C21H29N3O4/c1-27-20-11-17-15(10-18(20)22-21(26)19-4-2-3-9-28-19)12-24(23-17)16-7-5-14(13-25)6-8-16/h10-12,14,16,19,25H,2-9,13H2,1H3,(H,22,26)/t14-,16-,19-/m1/s1. The van der Waals surface area contributed by atoms with Gasteiger partial charge in [0.05, 0.1) is 24.4 Å². The molecule has 1 atom stereocenters. The predicted molar refractivity (Wildman–Crippen MR) is 107 cm³/mol. The number of aliphatic hydroxyl groups is 1. The van der Waals surface area contributed by atoms with Gasteiger partial charge in [-0.2, -0.15) is 5.10 Å². The van der Waals surface area contributed by atoms with Gasteiger partial charge >= 0.3 is 0 Å². The maximum Gasteiger partial charge on any atom is 0.253 e. The van der Waals surface area contributed by atoms with E-state index in [4.69, 9.17) is 14.6 Å². The summed E-state index contributed by atoms with van der Waals surface area (Å²) in [5, 5.41) is 18.0. The number of methoxy groups -OCH3 is 1. The first kappa shape index (κ1) is 19.2. The van der Waals surface area contributed by atoms with E-state index in [1.165, 1.54) is 0 Å². The lowest BCUT2D eigenvalue weighted by Crippen LogP contribution is -2.33. The zero-order valence-electron chi connectivity index (χ0n) is 16.4. The zero-order valence-corrected chi connectivity index (χ0v) is 16.4. The van der Waals surface area contributed by atoms with Crippen molar-refractivity contribution in [1.82, 2.24) is 9.78 Å². The first-order valence-electron chi connectivity index (χ1n) is 10.3. The molecule has 2 heterocycles. The van der Waals surface area contributed by atoms with E-state index in [0.717, 1.165) is 55.8 Å². The smallest absolute Gasteiger partial charge is 0.253 e. The second kappa shape index (κ2) is 8.49. The fraction of sp³-hybridized carbons (Fsp3) is 0.619. The maximum absolute atomic E-state index is 12.6. The highest BCUT2D eigenvalue weighted by Crippen LogP contribution is 2.35. The molecule has 2 N–H and O–H groups in total. The van der Waals surface area contributed by atoms with Crippen molar-refractivity contribution in [2.24, 2.45) is 5.92 Å². The number of rotatable bonds is 5. The topological polar surface area (TPSA) is 85.6 Å². The lowest BCUT2D eigenvalue weighted by molar-refractivity contribution is -0.129. The Balaban J connectivity index is 1.53. The Morgan fingerprint density at radius 3 is 2.79 bits per heavy atom. The van der Waals surface area contributed by atoms with E-state index in [0.29, 0.717) is 30.0 Å². The molecule has 0 bridgehead atoms. The molecule has 0 spiro atoms. The van der Waals surface area contributed by atoms with Crippen molar-refractivity contribution < 1.29 is 19.4 Å². The van der Waals surface area contributed by atoms with Crippen LogP contribution in [0.2, 0.25) is 0 Å². The monoisotopic (exact) mass is 387 g/mol. The number of hydrogen-bond donors (Lipinski definition) is 2. The highest BCUT2D eigenvalue weighted by Gasteiger charge is 2.25. The molecule has 1 aliphatic carbocycles. The van der Waals surface area contributed by atoms with E-state index in [2.05, 4.69) is 5.32 Å². The van der Waals surface area contributed by atoms with Crippen molar-refractivity contribution in [3.8, 4) is 5.75 Å². The zero-order chi connectivity index (χ0) is 19.5. The van der Waals surface area contributed by atoms with Crippen LogP contribution in [0.3, 0.4) is 0 Å². The van der Waals surface area contributed by atoms with E-state index in [-0.39, 0.29) is 12.5 Å². The van der Waals surface area contributed by atoms with Crippen molar-refractivity contribution in [3.05, 3.63) is 18.3 Å². The number of carbonyl (C=O) groups is 1. The molecule has 1 aromatic heterocycles. The second-order valence-corrected chi connectivity index (χ2v) is 7.92. The number of nitrogens with zero attached hydrogens (tertiary/aromatic N) is 2. The van der Waals surface area contributed by atoms with Crippen LogP contribution in [0.15, 0.2) is 18.3 Å². The summed E-state index contributed by atoms with van der Waals surface area (Å²) >= 11 is 0. The van der Waals surface area contributed by atoms with Crippen LogP contribution in [0.1, 0.15) is 51.0 Å². The molecular weight excluding hydrogens is 358 g/mol. The van der Waals surface area contributed by atoms with Gasteiger partial charge in [-0.3, -0.25) is 9.48 Å². The number of benzene rings is 1. The third-order valence-electron chi connectivity index (χ3n) is 6.02. The van der Waals surface area contributed by atoms with E-state index >= 15 is 0 Å². The summed E-state index contributed by atoms with van der Waals surface area (Å²) in [6.07, 6.45) is 8.55. The quantitative estimate of drug-likeness (QED) is 0.822. The number of hydrogen-bond acceptors (Lipinski definition) is 5. The van der Waals surface area contributed by atoms with Crippen molar-refractivity contribution in [2.75, 3.05) is 25.6 Å². The number of amides is 1. The molecule has 4 rings (SSSR count). The summed E-state index contributed by atoms with van der Waals surface area (Å²) in [6.45, 7) is 0.915. The number of anilines is 1. The summed E-state index contributed by atoms with van der Waals surface area (Å²) in [5.74, 6) is 0.906. The van der Waals surface area contributed by atoms with Gasteiger partial charge in [-0.15, -0.1) is 0 Å². The van der Waals surface area contributed by atoms with Crippen LogP contribution in [0.4, 0.5) is 5.69 Å². The average Bonchev–Trinajstić information content (AvgIpc) is 3.16. The molecule has 7 nitrogen and oxygen atoms in total. The number of ether oxygens (including phenoxy) is 2. The molecular formula is C21H29N3O4. The minimum absolute atomic E-state index is 0.118. The van der Waals surface area contributed by atoms with Crippen LogP contribution in [0.5, 0.6) is 5.75 Å². The Hall–Kier alpha value is -2.12. The van der Waals surface area contributed by atoms with Gasteiger partial charge in [0.2, 0.25) is 0 Å². The van der Waals surface area contributed by atoms with Crippen molar-refractivity contribution in [2.45, 2.75) is 57.1 Å². The van der Waals surface area contributed by atoms with E-state index in [9.17, 15) is 9.90 Å².